The number of aryl methyl sites for hydroxylation is 1. The van der Waals surface area contributed by atoms with Crippen LogP contribution in [-0.2, 0) is 14.3 Å². The van der Waals surface area contributed by atoms with Crippen molar-refractivity contribution >= 4 is 5.97 Å². The molecule has 1 aliphatic heterocycles. The van der Waals surface area contributed by atoms with Crippen LogP contribution in [0.3, 0.4) is 0 Å². The summed E-state index contributed by atoms with van der Waals surface area (Å²) in [7, 11) is 0. The van der Waals surface area contributed by atoms with Crippen LogP contribution in [0.5, 0.6) is 5.75 Å². The number of benzene rings is 1. The van der Waals surface area contributed by atoms with Crippen molar-refractivity contribution in [2.75, 3.05) is 39.5 Å². The Hall–Kier alpha value is -1.59. The second kappa shape index (κ2) is 8.00. The number of carbonyl (C=O) groups excluding carboxylic acids is 1. The fraction of sp³-hybridized carbons (Fsp3) is 0.562. The SMILES string of the molecule is Cc1ccc(OCC(=O)O[C@H](C)C[NH+]2CCOCC2)cc1. The van der Waals surface area contributed by atoms with E-state index in [0.29, 0.717) is 5.75 Å². The lowest BCUT2D eigenvalue weighted by Crippen LogP contribution is -3.15. The summed E-state index contributed by atoms with van der Waals surface area (Å²) >= 11 is 0. The van der Waals surface area contributed by atoms with Crippen molar-refractivity contribution in [2.24, 2.45) is 0 Å². The highest BCUT2D eigenvalue weighted by Crippen LogP contribution is 2.11. The Labute approximate surface area is 125 Å². The molecule has 0 radical (unpaired) electrons. The summed E-state index contributed by atoms with van der Waals surface area (Å²) in [4.78, 5) is 13.2. The average molecular weight is 294 g/mol. The molecule has 0 aromatic heterocycles. The number of ether oxygens (including phenoxy) is 3. The highest BCUT2D eigenvalue weighted by molar-refractivity contribution is 5.71. The fourth-order valence-electron chi connectivity index (χ4n) is 2.35. The van der Waals surface area contributed by atoms with Crippen molar-refractivity contribution in [3.8, 4) is 5.75 Å². The number of carbonyl (C=O) groups is 1. The Balaban J connectivity index is 1.67. The highest BCUT2D eigenvalue weighted by atomic mass is 16.6. The van der Waals surface area contributed by atoms with Crippen molar-refractivity contribution in [3.63, 3.8) is 0 Å². The van der Waals surface area contributed by atoms with Crippen LogP contribution in [0.1, 0.15) is 12.5 Å². The van der Waals surface area contributed by atoms with Gasteiger partial charge in [0.25, 0.3) is 0 Å². The Morgan fingerprint density at radius 3 is 2.62 bits per heavy atom. The molecule has 21 heavy (non-hydrogen) atoms. The van der Waals surface area contributed by atoms with E-state index in [1.165, 1.54) is 4.90 Å². The van der Waals surface area contributed by atoms with Gasteiger partial charge in [-0.3, -0.25) is 0 Å². The number of nitrogens with one attached hydrogen (secondary N) is 1. The monoisotopic (exact) mass is 294 g/mol. The van der Waals surface area contributed by atoms with E-state index >= 15 is 0 Å². The third-order valence-electron chi connectivity index (χ3n) is 3.49. The van der Waals surface area contributed by atoms with Gasteiger partial charge >= 0.3 is 5.97 Å². The standard InChI is InChI=1S/C16H23NO4/c1-13-3-5-15(6-4-13)20-12-16(18)21-14(2)11-17-7-9-19-10-8-17/h3-6,14H,7-12H2,1-2H3/p+1/t14-/m1/s1. The molecule has 1 atom stereocenters. The van der Waals surface area contributed by atoms with Crippen LogP contribution >= 0.6 is 0 Å². The third kappa shape index (κ3) is 5.73. The number of hydrogen-bond donors (Lipinski definition) is 1. The largest absolute Gasteiger partial charge is 0.482 e. The van der Waals surface area contributed by atoms with E-state index in [1.807, 2.05) is 38.1 Å². The molecule has 1 saturated heterocycles. The number of hydrogen-bond acceptors (Lipinski definition) is 4. The lowest BCUT2D eigenvalue weighted by atomic mass is 10.2. The maximum Gasteiger partial charge on any atom is 0.344 e. The molecule has 1 aromatic rings. The first-order valence-electron chi connectivity index (χ1n) is 7.44. The van der Waals surface area contributed by atoms with Crippen LogP contribution in [-0.4, -0.2) is 51.5 Å². The summed E-state index contributed by atoms with van der Waals surface area (Å²) in [6.07, 6.45) is -0.104. The smallest absolute Gasteiger partial charge is 0.344 e. The van der Waals surface area contributed by atoms with Gasteiger partial charge in [0.2, 0.25) is 0 Å². The second-order valence-corrected chi connectivity index (χ2v) is 5.47. The molecule has 0 unspecified atom stereocenters. The van der Waals surface area contributed by atoms with Crippen molar-refractivity contribution in [1.82, 2.24) is 0 Å². The topological polar surface area (TPSA) is 49.2 Å². The van der Waals surface area contributed by atoms with Crippen LogP contribution in [0.2, 0.25) is 0 Å². The van der Waals surface area contributed by atoms with E-state index in [1.54, 1.807) is 0 Å². The zero-order valence-corrected chi connectivity index (χ0v) is 12.8. The molecule has 0 bridgehead atoms. The van der Waals surface area contributed by atoms with Crippen LogP contribution in [0.4, 0.5) is 0 Å². The average Bonchev–Trinajstić information content (AvgIpc) is 2.47. The molecule has 0 amide bonds. The highest BCUT2D eigenvalue weighted by Gasteiger charge is 2.19. The van der Waals surface area contributed by atoms with Gasteiger partial charge in [0.15, 0.2) is 6.61 Å². The Kier molecular flexibility index (Phi) is 6.02. The molecule has 1 aromatic carbocycles. The number of rotatable bonds is 6. The van der Waals surface area contributed by atoms with E-state index < -0.39 is 0 Å². The van der Waals surface area contributed by atoms with Crippen molar-refractivity contribution in [3.05, 3.63) is 29.8 Å². The molecule has 0 saturated carbocycles. The summed E-state index contributed by atoms with van der Waals surface area (Å²) in [5.74, 6) is 0.361. The predicted octanol–water partition coefficient (Wildman–Crippen LogP) is 0.221. The van der Waals surface area contributed by atoms with Gasteiger partial charge in [-0.25, -0.2) is 4.79 Å². The van der Waals surface area contributed by atoms with Crippen LogP contribution < -0.4 is 9.64 Å². The summed E-state index contributed by atoms with van der Waals surface area (Å²) in [5, 5.41) is 0. The minimum absolute atomic E-state index is 0.0498. The van der Waals surface area contributed by atoms with Crippen LogP contribution in [0.25, 0.3) is 0 Å². The Morgan fingerprint density at radius 1 is 1.29 bits per heavy atom. The quantitative estimate of drug-likeness (QED) is 0.763. The van der Waals surface area contributed by atoms with E-state index in [-0.39, 0.29) is 18.7 Å². The molecule has 0 aliphatic carbocycles. The van der Waals surface area contributed by atoms with Gasteiger partial charge in [-0.2, -0.15) is 0 Å². The summed E-state index contributed by atoms with van der Waals surface area (Å²) in [5.41, 5.74) is 1.16. The minimum atomic E-state index is -0.323. The first-order chi connectivity index (χ1) is 10.1. The molecular formula is C16H24NO4+. The van der Waals surface area contributed by atoms with Gasteiger partial charge in [-0.15, -0.1) is 0 Å². The predicted molar refractivity (Wildman–Crippen MR) is 78.6 cm³/mol. The summed E-state index contributed by atoms with van der Waals surface area (Å²) in [6, 6.07) is 7.60. The molecule has 5 nitrogen and oxygen atoms in total. The maximum atomic E-state index is 11.8. The second-order valence-electron chi connectivity index (χ2n) is 5.47. The Morgan fingerprint density at radius 2 is 1.95 bits per heavy atom. The third-order valence-corrected chi connectivity index (χ3v) is 3.49. The van der Waals surface area contributed by atoms with Crippen LogP contribution in [0.15, 0.2) is 24.3 Å². The molecule has 1 N–H and O–H groups in total. The molecule has 1 aliphatic rings. The van der Waals surface area contributed by atoms with E-state index in [0.717, 1.165) is 38.4 Å². The molecule has 5 heteroatoms. The van der Waals surface area contributed by atoms with E-state index in [2.05, 4.69) is 0 Å². The van der Waals surface area contributed by atoms with E-state index in [9.17, 15) is 4.79 Å². The lowest BCUT2D eigenvalue weighted by molar-refractivity contribution is -0.910. The van der Waals surface area contributed by atoms with Crippen molar-refractivity contribution < 1.29 is 23.9 Å². The normalized spacial score (nSPS) is 17.2. The maximum absolute atomic E-state index is 11.8. The van der Waals surface area contributed by atoms with Gasteiger partial charge in [0.05, 0.1) is 13.2 Å². The fourth-order valence-corrected chi connectivity index (χ4v) is 2.35. The molecule has 116 valence electrons. The molecule has 1 heterocycles. The number of esters is 1. The van der Waals surface area contributed by atoms with Crippen molar-refractivity contribution in [1.29, 1.82) is 0 Å². The molecule has 1 fully saturated rings. The van der Waals surface area contributed by atoms with Gasteiger partial charge in [-0.05, 0) is 26.0 Å². The van der Waals surface area contributed by atoms with Gasteiger partial charge in [-0.1, -0.05) is 17.7 Å². The zero-order chi connectivity index (χ0) is 15.1. The Bertz CT molecular complexity index is 440. The molecule has 2 rings (SSSR count). The van der Waals surface area contributed by atoms with Gasteiger partial charge in [0.1, 0.15) is 31.5 Å². The summed E-state index contributed by atoms with van der Waals surface area (Å²) < 4.78 is 16.1. The van der Waals surface area contributed by atoms with Crippen LogP contribution in [0, 0.1) is 6.92 Å². The van der Waals surface area contributed by atoms with E-state index in [4.69, 9.17) is 14.2 Å². The number of quaternary nitrogens is 1. The minimum Gasteiger partial charge on any atom is -0.482 e. The lowest BCUT2D eigenvalue weighted by Gasteiger charge is -2.26. The van der Waals surface area contributed by atoms with Gasteiger partial charge in [0, 0.05) is 0 Å². The first-order valence-corrected chi connectivity index (χ1v) is 7.44. The summed E-state index contributed by atoms with van der Waals surface area (Å²) in [6.45, 7) is 8.22. The number of morpholine rings is 1. The molecule has 0 spiro atoms. The zero-order valence-electron chi connectivity index (χ0n) is 12.8. The van der Waals surface area contributed by atoms with Crippen molar-refractivity contribution in [2.45, 2.75) is 20.0 Å². The first kappa shape index (κ1) is 15.8. The molecular weight excluding hydrogens is 270 g/mol. The van der Waals surface area contributed by atoms with Gasteiger partial charge < -0.3 is 19.1 Å².